The molecule has 0 aromatic carbocycles. The van der Waals surface area contributed by atoms with Crippen molar-refractivity contribution in [1.29, 1.82) is 0 Å². The molecule has 0 atom stereocenters. The van der Waals surface area contributed by atoms with Crippen LogP contribution < -0.4 is 0 Å². The van der Waals surface area contributed by atoms with Gasteiger partial charge in [-0.05, 0) is 0 Å². The second-order valence-electron chi connectivity index (χ2n) is 4.12. The van der Waals surface area contributed by atoms with E-state index in [2.05, 4.69) is 31.0 Å². The van der Waals surface area contributed by atoms with Crippen molar-refractivity contribution >= 4 is 29.1 Å². The van der Waals surface area contributed by atoms with Gasteiger partial charge in [0.15, 0.2) is 4.34 Å². The molecule has 0 spiro atoms. The maximum Gasteiger partial charge on any atom is 0.304 e. The third-order valence-corrected chi connectivity index (χ3v) is 4.07. The molecular formula is C9H14N2O2S2. The Hall–Kier alpha value is -0.620. The summed E-state index contributed by atoms with van der Waals surface area (Å²) in [5, 5.41) is 17.6. The number of hydrogen-bond donors (Lipinski definition) is 1. The highest BCUT2D eigenvalue weighted by molar-refractivity contribution is 8.01. The zero-order valence-corrected chi connectivity index (χ0v) is 10.6. The molecular weight excluding hydrogens is 232 g/mol. The molecule has 0 saturated heterocycles. The molecule has 1 aromatic rings. The molecule has 1 N–H and O–H groups in total. The maximum absolute atomic E-state index is 10.3. The molecule has 0 saturated carbocycles. The van der Waals surface area contributed by atoms with Crippen LogP contribution in [0.4, 0.5) is 0 Å². The first-order chi connectivity index (χ1) is 6.89. The first-order valence-electron chi connectivity index (χ1n) is 4.58. The van der Waals surface area contributed by atoms with Crippen LogP contribution in [-0.2, 0) is 10.2 Å². The molecule has 0 fully saturated rings. The summed E-state index contributed by atoms with van der Waals surface area (Å²) in [7, 11) is 0. The Labute approximate surface area is 97.1 Å². The topological polar surface area (TPSA) is 63.1 Å². The largest absolute Gasteiger partial charge is 0.481 e. The van der Waals surface area contributed by atoms with Crippen LogP contribution in [0.1, 0.15) is 32.2 Å². The van der Waals surface area contributed by atoms with Crippen LogP contribution in [0.5, 0.6) is 0 Å². The number of aromatic nitrogens is 2. The van der Waals surface area contributed by atoms with E-state index in [0.29, 0.717) is 5.75 Å². The predicted octanol–water partition coefficient (Wildman–Crippen LogP) is 2.40. The Morgan fingerprint density at radius 1 is 1.47 bits per heavy atom. The van der Waals surface area contributed by atoms with Crippen molar-refractivity contribution in [2.45, 2.75) is 36.9 Å². The summed E-state index contributed by atoms with van der Waals surface area (Å²) in [6.07, 6.45) is 0.162. The average Bonchev–Trinajstić information content (AvgIpc) is 2.51. The second kappa shape index (κ2) is 4.94. The number of thioether (sulfide) groups is 1. The first kappa shape index (κ1) is 12.4. The fourth-order valence-corrected chi connectivity index (χ4v) is 2.70. The molecule has 0 amide bonds. The van der Waals surface area contributed by atoms with Gasteiger partial charge in [0.1, 0.15) is 5.01 Å². The van der Waals surface area contributed by atoms with E-state index < -0.39 is 5.97 Å². The van der Waals surface area contributed by atoms with Crippen molar-refractivity contribution < 1.29 is 9.90 Å². The zero-order valence-electron chi connectivity index (χ0n) is 8.98. The molecule has 0 aliphatic carbocycles. The molecule has 1 rings (SSSR count). The number of nitrogens with zero attached hydrogens (tertiary/aromatic N) is 2. The summed E-state index contributed by atoms with van der Waals surface area (Å²) >= 11 is 2.99. The van der Waals surface area contributed by atoms with Crippen LogP contribution in [0.25, 0.3) is 0 Å². The van der Waals surface area contributed by atoms with Crippen molar-refractivity contribution in [1.82, 2.24) is 10.2 Å². The number of carboxylic acid groups (broad SMARTS) is 1. The Morgan fingerprint density at radius 3 is 2.60 bits per heavy atom. The minimum absolute atomic E-state index is 0.0171. The van der Waals surface area contributed by atoms with Crippen LogP contribution in [0.2, 0.25) is 0 Å². The van der Waals surface area contributed by atoms with Crippen molar-refractivity contribution in [3.63, 3.8) is 0 Å². The van der Waals surface area contributed by atoms with E-state index >= 15 is 0 Å². The van der Waals surface area contributed by atoms with E-state index in [1.54, 1.807) is 0 Å². The van der Waals surface area contributed by atoms with Gasteiger partial charge in [-0.3, -0.25) is 4.79 Å². The smallest absolute Gasteiger partial charge is 0.304 e. The van der Waals surface area contributed by atoms with E-state index in [0.717, 1.165) is 9.35 Å². The summed E-state index contributed by atoms with van der Waals surface area (Å²) in [6.45, 7) is 6.25. The molecule has 0 unspecified atom stereocenters. The first-order valence-corrected chi connectivity index (χ1v) is 6.38. The molecule has 0 aliphatic heterocycles. The number of rotatable bonds is 4. The van der Waals surface area contributed by atoms with Crippen molar-refractivity contribution in [2.24, 2.45) is 0 Å². The molecule has 0 bridgehead atoms. The van der Waals surface area contributed by atoms with Gasteiger partial charge in [-0.2, -0.15) is 0 Å². The third kappa shape index (κ3) is 4.17. The molecule has 1 heterocycles. The summed E-state index contributed by atoms with van der Waals surface area (Å²) < 4.78 is 0.848. The quantitative estimate of drug-likeness (QED) is 0.826. The Bertz CT molecular complexity index is 344. The van der Waals surface area contributed by atoms with Crippen LogP contribution in [0.3, 0.4) is 0 Å². The highest BCUT2D eigenvalue weighted by Gasteiger charge is 2.19. The monoisotopic (exact) mass is 246 g/mol. The van der Waals surface area contributed by atoms with Gasteiger partial charge >= 0.3 is 5.97 Å². The van der Waals surface area contributed by atoms with Crippen molar-refractivity contribution in [3.05, 3.63) is 5.01 Å². The molecule has 0 aliphatic rings. The molecule has 6 heteroatoms. The minimum Gasteiger partial charge on any atom is -0.481 e. The van der Waals surface area contributed by atoms with Gasteiger partial charge in [0.2, 0.25) is 0 Å². The fraction of sp³-hybridized carbons (Fsp3) is 0.667. The lowest BCUT2D eigenvalue weighted by atomic mass is 9.98. The van der Waals surface area contributed by atoms with E-state index in [1.165, 1.54) is 23.1 Å². The summed E-state index contributed by atoms with van der Waals surface area (Å²) in [5.74, 6) is -0.225. The molecule has 4 nitrogen and oxygen atoms in total. The highest BCUT2D eigenvalue weighted by Crippen LogP contribution is 2.30. The van der Waals surface area contributed by atoms with Crippen LogP contribution in [0, 0.1) is 0 Å². The molecule has 1 aromatic heterocycles. The predicted molar refractivity (Wildman–Crippen MR) is 61.6 cm³/mol. The Kier molecular flexibility index (Phi) is 4.10. The fourth-order valence-electron chi connectivity index (χ4n) is 0.797. The SMILES string of the molecule is CC(C)(C)c1nnc(SCCC(=O)O)s1. The summed E-state index contributed by atoms with van der Waals surface area (Å²) in [4.78, 5) is 10.3. The number of carboxylic acids is 1. The van der Waals surface area contributed by atoms with Crippen molar-refractivity contribution in [3.8, 4) is 0 Å². The van der Waals surface area contributed by atoms with Gasteiger partial charge < -0.3 is 5.11 Å². The number of carbonyl (C=O) groups is 1. The molecule has 0 radical (unpaired) electrons. The van der Waals surface area contributed by atoms with E-state index in [9.17, 15) is 4.79 Å². The molecule has 84 valence electrons. The summed E-state index contributed by atoms with van der Waals surface area (Å²) in [6, 6.07) is 0. The van der Waals surface area contributed by atoms with Gasteiger partial charge in [-0.15, -0.1) is 10.2 Å². The standard InChI is InChI=1S/C9H14N2O2S2/c1-9(2,3)7-10-11-8(15-7)14-5-4-6(12)13/h4-5H2,1-3H3,(H,12,13). The number of aliphatic carboxylic acids is 1. The van der Waals surface area contributed by atoms with E-state index in [4.69, 9.17) is 5.11 Å². The van der Waals surface area contributed by atoms with Gasteiger partial charge in [-0.1, -0.05) is 43.9 Å². The zero-order chi connectivity index (χ0) is 11.5. The normalized spacial score (nSPS) is 11.7. The van der Waals surface area contributed by atoms with Gasteiger partial charge in [0, 0.05) is 11.2 Å². The van der Waals surface area contributed by atoms with Crippen LogP contribution in [-0.4, -0.2) is 27.0 Å². The third-order valence-electron chi connectivity index (χ3n) is 1.59. The lowest BCUT2D eigenvalue weighted by Crippen LogP contribution is -2.10. The maximum atomic E-state index is 10.3. The number of hydrogen-bond acceptors (Lipinski definition) is 5. The highest BCUT2D eigenvalue weighted by atomic mass is 32.2. The van der Waals surface area contributed by atoms with Gasteiger partial charge in [0.25, 0.3) is 0 Å². The van der Waals surface area contributed by atoms with Gasteiger partial charge in [-0.25, -0.2) is 0 Å². The van der Waals surface area contributed by atoms with E-state index in [-0.39, 0.29) is 11.8 Å². The molecule has 15 heavy (non-hydrogen) atoms. The lowest BCUT2D eigenvalue weighted by molar-refractivity contribution is -0.136. The Balaban J connectivity index is 2.50. The second-order valence-corrected chi connectivity index (χ2v) is 6.43. The minimum atomic E-state index is -0.775. The Morgan fingerprint density at radius 2 is 2.13 bits per heavy atom. The van der Waals surface area contributed by atoms with E-state index in [1.807, 2.05) is 0 Å². The van der Waals surface area contributed by atoms with Gasteiger partial charge in [0.05, 0.1) is 6.42 Å². The average molecular weight is 246 g/mol. The van der Waals surface area contributed by atoms with Crippen LogP contribution >= 0.6 is 23.1 Å². The van der Waals surface area contributed by atoms with Crippen molar-refractivity contribution in [2.75, 3.05) is 5.75 Å². The van der Waals surface area contributed by atoms with Crippen LogP contribution in [0.15, 0.2) is 4.34 Å². The lowest BCUT2D eigenvalue weighted by Gasteiger charge is -2.12. The summed E-state index contributed by atoms with van der Waals surface area (Å²) in [5.41, 5.74) is 0.0171.